The molecule has 0 N–H and O–H groups in total. The zero-order chi connectivity index (χ0) is 22.5. The van der Waals surface area contributed by atoms with Crippen molar-refractivity contribution >= 4 is 32.8 Å². The molecule has 0 spiro atoms. The summed E-state index contributed by atoms with van der Waals surface area (Å²) >= 11 is 0. The fourth-order valence-electron chi connectivity index (χ4n) is 4.27. The van der Waals surface area contributed by atoms with E-state index in [1.807, 2.05) is 42.6 Å². The molecule has 0 aliphatic heterocycles. The Hall–Kier alpha value is -4.52. The van der Waals surface area contributed by atoms with Crippen LogP contribution >= 0.6 is 0 Å². The topological polar surface area (TPSA) is 74.8 Å². The molecule has 0 fully saturated rings. The summed E-state index contributed by atoms with van der Waals surface area (Å²) in [6.07, 6.45) is 5.26. The Bertz CT molecular complexity index is 1730. The number of aryl methyl sites for hydroxylation is 1. The maximum Gasteiger partial charge on any atom is 0.333 e. The number of imidazole rings is 1. The number of hydrogen-bond donors (Lipinski definition) is 0. The van der Waals surface area contributed by atoms with Crippen LogP contribution in [0.4, 0.5) is 0 Å². The smallest absolute Gasteiger partial charge is 0.333 e. The van der Waals surface area contributed by atoms with Crippen molar-refractivity contribution in [2.45, 2.75) is 0 Å². The van der Waals surface area contributed by atoms with Crippen molar-refractivity contribution in [3.63, 3.8) is 0 Å². The van der Waals surface area contributed by atoms with E-state index in [0.29, 0.717) is 11.6 Å². The molecule has 0 atom stereocenters. The molecular formula is C26H19N5O2. The zero-order valence-corrected chi connectivity index (χ0v) is 18.1. The standard InChI is InChI=1S/C26H19N5O2/c1-30-23-15-28-22-9-7-16(18-11-17-5-3-4-6-21(17)27-13-18)12-20(22)25(23)31(26(30)32)19-8-10-24(33-2)29-14-19/h3-15H,1-2H3. The fraction of sp³-hybridized carbons (Fsp3) is 0.0769. The van der Waals surface area contributed by atoms with Gasteiger partial charge >= 0.3 is 5.69 Å². The number of pyridine rings is 3. The molecule has 0 radical (unpaired) electrons. The van der Waals surface area contributed by atoms with E-state index in [-0.39, 0.29) is 5.69 Å². The van der Waals surface area contributed by atoms with Gasteiger partial charge in [0.05, 0.1) is 47.3 Å². The molecule has 0 aliphatic carbocycles. The first-order valence-electron chi connectivity index (χ1n) is 10.5. The first-order valence-corrected chi connectivity index (χ1v) is 10.5. The Labute approximate surface area is 188 Å². The normalized spacial score (nSPS) is 11.5. The van der Waals surface area contributed by atoms with Crippen LogP contribution in [0.2, 0.25) is 0 Å². The Kier molecular flexibility index (Phi) is 4.23. The molecule has 7 nitrogen and oxygen atoms in total. The van der Waals surface area contributed by atoms with Gasteiger partial charge in [-0.1, -0.05) is 24.3 Å². The van der Waals surface area contributed by atoms with Crippen LogP contribution in [0.3, 0.4) is 0 Å². The van der Waals surface area contributed by atoms with Crippen LogP contribution in [0.5, 0.6) is 5.88 Å². The summed E-state index contributed by atoms with van der Waals surface area (Å²) in [5, 5.41) is 1.96. The Morgan fingerprint density at radius 1 is 0.818 bits per heavy atom. The van der Waals surface area contributed by atoms with Gasteiger partial charge in [0.1, 0.15) is 0 Å². The zero-order valence-electron chi connectivity index (χ0n) is 18.1. The molecule has 0 unspecified atom stereocenters. The summed E-state index contributed by atoms with van der Waals surface area (Å²) in [5.74, 6) is 0.490. The van der Waals surface area contributed by atoms with Crippen molar-refractivity contribution in [2.24, 2.45) is 7.05 Å². The Balaban J connectivity index is 1.63. The van der Waals surface area contributed by atoms with Crippen LogP contribution < -0.4 is 10.4 Å². The number of fused-ring (bicyclic) bond motifs is 4. The van der Waals surface area contributed by atoms with Gasteiger partial charge < -0.3 is 4.74 Å². The summed E-state index contributed by atoms with van der Waals surface area (Å²) in [5.41, 5.74) is 5.80. The molecule has 6 aromatic rings. The summed E-state index contributed by atoms with van der Waals surface area (Å²) in [6, 6.07) is 19.8. The fourth-order valence-corrected chi connectivity index (χ4v) is 4.27. The van der Waals surface area contributed by atoms with Gasteiger partial charge in [-0.3, -0.25) is 19.1 Å². The summed E-state index contributed by atoms with van der Waals surface area (Å²) < 4.78 is 8.46. The summed E-state index contributed by atoms with van der Waals surface area (Å²) in [6.45, 7) is 0. The van der Waals surface area contributed by atoms with Crippen molar-refractivity contribution in [3.05, 3.63) is 89.7 Å². The molecule has 0 amide bonds. The van der Waals surface area contributed by atoms with E-state index in [4.69, 9.17) is 4.74 Å². The maximum absolute atomic E-state index is 13.2. The number of ether oxygens (including phenoxy) is 1. The highest BCUT2D eigenvalue weighted by Gasteiger charge is 2.17. The van der Waals surface area contributed by atoms with Gasteiger partial charge in [0.15, 0.2) is 0 Å². The number of rotatable bonds is 3. The number of hydrogen-bond acceptors (Lipinski definition) is 5. The molecule has 0 saturated carbocycles. The van der Waals surface area contributed by atoms with Crippen LogP contribution in [0.25, 0.3) is 49.7 Å². The van der Waals surface area contributed by atoms with E-state index in [1.54, 1.807) is 41.8 Å². The van der Waals surface area contributed by atoms with E-state index in [2.05, 4.69) is 33.2 Å². The maximum atomic E-state index is 13.2. The Morgan fingerprint density at radius 3 is 2.48 bits per heavy atom. The molecule has 160 valence electrons. The minimum atomic E-state index is -0.163. The van der Waals surface area contributed by atoms with Crippen LogP contribution in [0.1, 0.15) is 0 Å². The quantitative estimate of drug-likeness (QED) is 0.411. The predicted octanol–water partition coefficient (Wildman–Crippen LogP) is 4.50. The lowest BCUT2D eigenvalue weighted by Gasteiger charge is -2.09. The first-order chi connectivity index (χ1) is 16.1. The molecule has 7 heteroatoms. The minimum absolute atomic E-state index is 0.163. The predicted molar refractivity (Wildman–Crippen MR) is 129 cm³/mol. The van der Waals surface area contributed by atoms with Gasteiger partial charge in [-0.15, -0.1) is 0 Å². The average Bonchev–Trinajstić information content (AvgIpc) is 3.13. The van der Waals surface area contributed by atoms with Crippen LogP contribution in [0, 0.1) is 0 Å². The van der Waals surface area contributed by atoms with E-state index in [1.165, 1.54) is 0 Å². The van der Waals surface area contributed by atoms with Gasteiger partial charge in [0.2, 0.25) is 5.88 Å². The van der Waals surface area contributed by atoms with E-state index < -0.39 is 0 Å². The van der Waals surface area contributed by atoms with Crippen molar-refractivity contribution in [1.82, 2.24) is 24.1 Å². The van der Waals surface area contributed by atoms with E-state index >= 15 is 0 Å². The molecule has 0 bridgehead atoms. The summed E-state index contributed by atoms with van der Waals surface area (Å²) in [7, 11) is 3.32. The number of benzene rings is 2. The third-order valence-electron chi connectivity index (χ3n) is 6.00. The van der Waals surface area contributed by atoms with E-state index in [0.717, 1.165) is 44.0 Å². The molecular weight excluding hydrogens is 414 g/mol. The largest absolute Gasteiger partial charge is 0.481 e. The van der Waals surface area contributed by atoms with Crippen molar-refractivity contribution in [3.8, 4) is 22.7 Å². The highest BCUT2D eigenvalue weighted by Crippen LogP contribution is 2.30. The van der Waals surface area contributed by atoms with Gasteiger partial charge in [0.25, 0.3) is 0 Å². The number of methoxy groups -OCH3 is 1. The second kappa shape index (κ2) is 7.27. The number of aromatic nitrogens is 5. The summed E-state index contributed by atoms with van der Waals surface area (Å²) in [4.78, 5) is 26.7. The van der Waals surface area contributed by atoms with Gasteiger partial charge in [-0.25, -0.2) is 9.78 Å². The first kappa shape index (κ1) is 19.2. The molecule has 4 aromatic heterocycles. The lowest BCUT2D eigenvalue weighted by atomic mass is 10.0. The lowest BCUT2D eigenvalue weighted by Crippen LogP contribution is -2.20. The van der Waals surface area contributed by atoms with Crippen molar-refractivity contribution in [1.29, 1.82) is 0 Å². The molecule has 2 aromatic carbocycles. The minimum Gasteiger partial charge on any atom is -0.481 e. The third kappa shape index (κ3) is 2.97. The lowest BCUT2D eigenvalue weighted by molar-refractivity contribution is 0.398. The van der Waals surface area contributed by atoms with Gasteiger partial charge in [-0.05, 0) is 35.9 Å². The highest BCUT2D eigenvalue weighted by atomic mass is 16.5. The average molecular weight is 433 g/mol. The number of para-hydroxylation sites is 1. The second-order valence-corrected chi connectivity index (χ2v) is 7.88. The second-order valence-electron chi connectivity index (χ2n) is 7.88. The van der Waals surface area contributed by atoms with Gasteiger partial charge in [0, 0.05) is 35.6 Å². The molecule has 0 aliphatic rings. The molecule has 6 rings (SSSR count). The van der Waals surface area contributed by atoms with Gasteiger partial charge in [-0.2, -0.15) is 0 Å². The molecule has 33 heavy (non-hydrogen) atoms. The number of nitrogens with zero attached hydrogens (tertiary/aromatic N) is 5. The molecule has 4 heterocycles. The Morgan fingerprint density at radius 2 is 1.67 bits per heavy atom. The van der Waals surface area contributed by atoms with Crippen LogP contribution in [0.15, 0.2) is 84.0 Å². The van der Waals surface area contributed by atoms with Crippen LogP contribution in [-0.2, 0) is 7.05 Å². The highest BCUT2D eigenvalue weighted by molar-refractivity contribution is 6.04. The van der Waals surface area contributed by atoms with Crippen molar-refractivity contribution < 1.29 is 4.74 Å². The van der Waals surface area contributed by atoms with Crippen LogP contribution in [-0.4, -0.2) is 31.2 Å². The SMILES string of the molecule is COc1ccc(-n2c(=O)n(C)c3cnc4ccc(-c5cnc6ccccc6c5)cc4c32)cn1. The monoisotopic (exact) mass is 433 g/mol. The van der Waals surface area contributed by atoms with Crippen molar-refractivity contribution in [2.75, 3.05) is 7.11 Å². The van der Waals surface area contributed by atoms with E-state index in [9.17, 15) is 4.79 Å². The molecule has 0 saturated heterocycles. The third-order valence-corrected chi connectivity index (χ3v) is 6.00.